The van der Waals surface area contributed by atoms with Gasteiger partial charge in [0, 0.05) is 29.0 Å². The van der Waals surface area contributed by atoms with E-state index in [0.29, 0.717) is 19.0 Å². The average molecular weight is 439 g/mol. The largest absolute Gasteiger partial charge is 0.381 e. The Morgan fingerprint density at radius 1 is 1.35 bits per heavy atom. The third kappa shape index (κ3) is 4.50. The van der Waals surface area contributed by atoms with Crippen LogP contribution in [0.25, 0.3) is 0 Å². The van der Waals surface area contributed by atoms with Gasteiger partial charge in [0.1, 0.15) is 5.76 Å². The number of nitrogens with one attached hydrogen (secondary N) is 1. The molecule has 1 aliphatic rings. The Labute approximate surface area is 166 Å². The number of aryl methyl sites for hydroxylation is 2. The van der Waals surface area contributed by atoms with Crippen LogP contribution in [0.1, 0.15) is 35.4 Å². The van der Waals surface area contributed by atoms with Crippen molar-refractivity contribution >= 4 is 33.6 Å². The molecule has 1 aromatic heterocycles. The van der Waals surface area contributed by atoms with E-state index in [2.05, 4.69) is 38.5 Å². The summed E-state index contributed by atoms with van der Waals surface area (Å²) in [5, 5.41) is 7.24. The van der Waals surface area contributed by atoms with Crippen molar-refractivity contribution in [3.63, 3.8) is 0 Å². The standard InChI is InChI=1S/C19H23BrN2O3S/c1-13-17(14(2)25-22-13)11-26-12-18(23)21-19(6-8-24-9-7-19)15-4-3-5-16(20)10-15/h3-5,10H,6-9,11-12H2,1-2H3,(H,21,23). The normalized spacial score (nSPS) is 16.4. The highest BCUT2D eigenvalue weighted by atomic mass is 79.9. The molecule has 1 saturated heterocycles. The molecule has 1 aliphatic heterocycles. The molecule has 1 N–H and O–H groups in total. The van der Waals surface area contributed by atoms with Gasteiger partial charge in [-0.05, 0) is 44.4 Å². The highest BCUT2D eigenvalue weighted by Gasteiger charge is 2.36. The number of halogens is 1. The second kappa shape index (κ2) is 8.59. The van der Waals surface area contributed by atoms with Crippen LogP contribution in [0, 0.1) is 13.8 Å². The predicted molar refractivity (Wildman–Crippen MR) is 106 cm³/mol. The molecule has 140 valence electrons. The molecular formula is C19H23BrN2O3S. The molecule has 0 unspecified atom stereocenters. The SMILES string of the molecule is Cc1noc(C)c1CSCC(=O)NC1(c2cccc(Br)c2)CCOCC1. The van der Waals surface area contributed by atoms with Crippen molar-refractivity contribution in [3.8, 4) is 0 Å². The summed E-state index contributed by atoms with van der Waals surface area (Å²) in [6.07, 6.45) is 1.56. The first-order valence-electron chi connectivity index (χ1n) is 8.64. The van der Waals surface area contributed by atoms with E-state index in [1.807, 2.05) is 26.0 Å². The number of amides is 1. The Kier molecular flexibility index (Phi) is 6.42. The summed E-state index contributed by atoms with van der Waals surface area (Å²) in [5.74, 6) is 2.00. The van der Waals surface area contributed by atoms with E-state index < -0.39 is 0 Å². The summed E-state index contributed by atoms with van der Waals surface area (Å²) in [4.78, 5) is 12.6. The average Bonchev–Trinajstić information content (AvgIpc) is 2.94. The van der Waals surface area contributed by atoms with Gasteiger partial charge in [0.2, 0.25) is 5.91 Å². The first kappa shape index (κ1) is 19.5. The highest BCUT2D eigenvalue weighted by molar-refractivity contribution is 9.10. The Balaban J connectivity index is 1.64. The van der Waals surface area contributed by atoms with Gasteiger partial charge >= 0.3 is 0 Å². The number of aromatic nitrogens is 1. The van der Waals surface area contributed by atoms with Crippen molar-refractivity contribution < 1.29 is 14.1 Å². The molecule has 7 heteroatoms. The van der Waals surface area contributed by atoms with Crippen molar-refractivity contribution in [3.05, 3.63) is 51.3 Å². The molecule has 5 nitrogen and oxygen atoms in total. The summed E-state index contributed by atoms with van der Waals surface area (Å²) in [5.41, 5.74) is 2.74. The van der Waals surface area contributed by atoms with E-state index in [-0.39, 0.29) is 11.4 Å². The number of nitrogens with zero attached hydrogens (tertiary/aromatic N) is 1. The van der Waals surface area contributed by atoms with Crippen molar-refractivity contribution in [2.24, 2.45) is 0 Å². The molecule has 1 fully saturated rings. The van der Waals surface area contributed by atoms with Crippen LogP contribution in [0.4, 0.5) is 0 Å². The van der Waals surface area contributed by atoms with Crippen LogP contribution in [-0.2, 0) is 20.8 Å². The summed E-state index contributed by atoms with van der Waals surface area (Å²) >= 11 is 5.11. The van der Waals surface area contributed by atoms with E-state index in [9.17, 15) is 4.79 Å². The van der Waals surface area contributed by atoms with Gasteiger partial charge in [-0.2, -0.15) is 0 Å². The molecule has 0 saturated carbocycles. The molecule has 0 aliphatic carbocycles. The lowest BCUT2D eigenvalue weighted by Crippen LogP contribution is -2.50. The Hall–Kier alpha value is -1.31. The third-order valence-electron chi connectivity index (χ3n) is 4.76. The quantitative estimate of drug-likeness (QED) is 0.734. The Bertz CT molecular complexity index is 752. The minimum Gasteiger partial charge on any atom is -0.381 e. The fourth-order valence-electron chi connectivity index (χ4n) is 3.25. The van der Waals surface area contributed by atoms with E-state index in [1.54, 1.807) is 11.8 Å². The van der Waals surface area contributed by atoms with Crippen LogP contribution in [0.5, 0.6) is 0 Å². The number of benzene rings is 1. The molecule has 26 heavy (non-hydrogen) atoms. The van der Waals surface area contributed by atoms with Crippen molar-refractivity contribution in [1.29, 1.82) is 0 Å². The van der Waals surface area contributed by atoms with Gasteiger partial charge in [-0.3, -0.25) is 4.79 Å². The van der Waals surface area contributed by atoms with Crippen molar-refractivity contribution in [1.82, 2.24) is 10.5 Å². The van der Waals surface area contributed by atoms with Gasteiger partial charge in [-0.15, -0.1) is 11.8 Å². The fraction of sp³-hybridized carbons (Fsp3) is 0.474. The van der Waals surface area contributed by atoms with Crippen LogP contribution in [0.15, 0.2) is 33.3 Å². The topological polar surface area (TPSA) is 64.4 Å². The van der Waals surface area contributed by atoms with Gasteiger partial charge in [0.05, 0.1) is 17.0 Å². The second-order valence-corrected chi connectivity index (χ2v) is 8.45. The third-order valence-corrected chi connectivity index (χ3v) is 6.22. The zero-order valence-corrected chi connectivity index (χ0v) is 17.4. The van der Waals surface area contributed by atoms with E-state index in [4.69, 9.17) is 9.26 Å². The molecule has 0 spiro atoms. The molecule has 0 radical (unpaired) electrons. The van der Waals surface area contributed by atoms with E-state index in [0.717, 1.165) is 45.6 Å². The monoisotopic (exact) mass is 438 g/mol. The van der Waals surface area contributed by atoms with E-state index in [1.165, 1.54) is 0 Å². The maximum atomic E-state index is 12.6. The molecular weight excluding hydrogens is 416 g/mol. The van der Waals surface area contributed by atoms with Gasteiger partial charge in [-0.1, -0.05) is 33.2 Å². The van der Waals surface area contributed by atoms with Crippen LogP contribution < -0.4 is 5.32 Å². The molecule has 1 amide bonds. The second-order valence-electron chi connectivity index (χ2n) is 6.55. The summed E-state index contributed by atoms with van der Waals surface area (Å²) in [7, 11) is 0. The van der Waals surface area contributed by atoms with Crippen LogP contribution >= 0.6 is 27.7 Å². The zero-order chi connectivity index (χ0) is 18.6. The molecule has 2 heterocycles. The summed E-state index contributed by atoms with van der Waals surface area (Å²) in [6, 6.07) is 8.17. The predicted octanol–water partition coefficient (Wildman–Crippen LogP) is 4.11. The fourth-order valence-corrected chi connectivity index (χ4v) is 4.62. The zero-order valence-electron chi connectivity index (χ0n) is 15.0. The summed E-state index contributed by atoms with van der Waals surface area (Å²) < 4.78 is 11.7. The molecule has 3 rings (SSSR count). The lowest BCUT2D eigenvalue weighted by Gasteiger charge is -2.38. The highest BCUT2D eigenvalue weighted by Crippen LogP contribution is 2.33. The lowest BCUT2D eigenvalue weighted by atomic mass is 9.82. The van der Waals surface area contributed by atoms with Gasteiger partial charge in [0.15, 0.2) is 0 Å². The smallest absolute Gasteiger partial charge is 0.230 e. The minimum absolute atomic E-state index is 0.0450. The number of rotatable bonds is 6. The number of hydrogen-bond donors (Lipinski definition) is 1. The number of carbonyl (C=O) groups is 1. The van der Waals surface area contributed by atoms with Crippen LogP contribution in [-0.4, -0.2) is 30.0 Å². The minimum atomic E-state index is -0.358. The number of carbonyl (C=O) groups excluding carboxylic acids is 1. The van der Waals surface area contributed by atoms with Crippen LogP contribution in [0.3, 0.4) is 0 Å². The first-order valence-corrected chi connectivity index (χ1v) is 10.6. The maximum Gasteiger partial charge on any atom is 0.230 e. The van der Waals surface area contributed by atoms with Gasteiger partial charge in [0.25, 0.3) is 0 Å². The number of hydrogen-bond acceptors (Lipinski definition) is 5. The van der Waals surface area contributed by atoms with Crippen LogP contribution in [0.2, 0.25) is 0 Å². The molecule has 0 bridgehead atoms. The number of ether oxygens (including phenoxy) is 1. The Morgan fingerprint density at radius 3 is 2.77 bits per heavy atom. The summed E-state index contributed by atoms with van der Waals surface area (Å²) in [6.45, 7) is 5.13. The van der Waals surface area contributed by atoms with E-state index >= 15 is 0 Å². The molecule has 0 atom stereocenters. The number of thioether (sulfide) groups is 1. The molecule has 2 aromatic rings. The van der Waals surface area contributed by atoms with Gasteiger partial charge < -0.3 is 14.6 Å². The van der Waals surface area contributed by atoms with Crippen molar-refractivity contribution in [2.75, 3.05) is 19.0 Å². The lowest BCUT2D eigenvalue weighted by molar-refractivity contribution is -0.121. The maximum absolute atomic E-state index is 12.6. The Morgan fingerprint density at radius 2 is 2.12 bits per heavy atom. The first-order chi connectivity index (χ1) is 12.5. The van der Waals surface area contributed by atoms with Crippen molar-refractivity contribution in [2.45, 2.75) is 38.0 Å². The molecule has 1 aromatic carbocycles. The van der Waals surface area contributed by atoms with Gasteiger partial charge in [-0.25, -0.2) is 0 Å².